The summed E-state index contributed by atoms with van der Waals surface area (Å²) in [6, 6.07) is 8.76. The number of carbonyl (C=O) groups is 1. The molecule has 1 atom stereocenters. The van der Waals surface area contributed by atoms with E-state index in [9.17, 15) is 4.79 Å². The molecular weight excluding hydrogens is 343 g/mol. The Morgan fingerprint density at radius 2 is 2.22 bits per heavy atom. The Morgan fingerprint density at radius 1 is 1.50 bits per heavy atom. The van der Waals surface area contributed by atoms with Crippen LogP contribution in [0.3, 0.4) is 0 Å². The van der Waals surface area contributed by atoms with Gasteiger partial charge in [-0.05, 0) is 46.7 Å². The summed E-state index contributed by atoms with van der Waals surface area (Å²) >= 11 is 2.31. The molecule has 0 saturated carbocycles. The van der Waals surface area contributed by atoms with Crippen LogP contribution in [0.5, 0.6) is 0 Å². The van der Waals surface area contributed by atoms with Crippen LogP contribution in [0.4, 0.5) is 4.79 Å². The predicted molar refractivity (Wildman–Crippen MR) is 78.4 cm³/mol. The average Bonchev–Trinajstić information content (AvgIpc) is 2.79. The van der Waals surface area contributed by atoms with Gasteiger partial charge in [0.15, 0.2) is 0 Å². The summed E-state index contributed by atoms with van der Waals surface area (Å²) < 4.78 is 5.86. The fourth-order valence-electron chi connectivity index (χ4n) is 2.17. The molecule has 5 heteroatoms. The van der Waals surface area contributed by atoms with Crippen LogP contribution in [0, 0.1) is 3.57 Å². The van der Waals surface area contributed by atoms with Crippen molar-refractivity contribution in [3.8, 4) is 0 Å². The van der Waals surface area contributed by atoms with Gasteiger partial charge < -0.3 is 10.1 Å². The molecular formula is C13H17IN2O2. The smallest absolute Gasteiger partial charge is 0.407 e. The standard InChI is InChI=1S/C13H17IN2O2/c1-18-13(17)15-12-6-7-16(9-12)8-10-2-4-11(14)5-3-10/h2-5,12H,6-9H2,1H3,(H,15,17). The molecule has 1 aromatic carbocycles. The molecule has 1 N–H and O–H groups in total. The molecule has 1 aliphatic rings. The molecule has 2 rings (SSSR count). The van der Waals surface area contributed by atoms with Crippen LogP contribution in [0.15, 0.2) is 24.3 Å². The first-order valence-corrected chi connectivity index (χ1v) is 7.06. The number of nitrogens with zero attached hydrogens (tertiary/aromatic N) is 1. The molecule has 4 nitrogen and oxygen atoms in total. The summed E-state index contributed by atoms with van der Waals surface area (Å²) in [5.74, 6) is 0. The third kappa shape index (κ3) is 3.84. The number of alkyl carbamates (subject to hydrolysis) is 1. The molecule has 0 aromatic heterocycles. The van der Waals surface area contributed by atoms with Crippen molar-refractivity contribution in [3.63, 3.8) is 0 Å². The number of likely N-dealkylation sites (tertiary alicyclic amines) is 1. The van der Waals surface area contributed by atoms with Crippen molar-refractivity contribution in [2.24, 2.45) is 0 Å². The number of rotatable bonds is 3. The highest BCUT2D eigenvalue weighted by Crippen LogP contribution is 2.14. The monoisotopic (exact) mass is 360 g/mol. The second-order valence-electron chi connectivity index (χ2n) is 4.48. The highest BCUT2D eigenvalue weighted by atomic mass is 127. The number of nitrogens with one attached hydrogen (secondary N) is 1. The lowest BCUT2D eigenvalue weighted by Crippen LogP contribution is -2.36. The number of methoxy groups -OCH3 is 1. The van der Waals surface area contributed by atoms with Gasteiger partial charge in [0.2, 0.25) is 0 Å². The SMILES string of the molecule is COC(=O)NC1CCN(Cc2ccc(I)cc2)C1. The van der Waals surface area contributed by atoms with Gasteiger partial charge in [-0.1, -0.05) is 12.1 Å². The summed E-state index contributed by atoms with van der Waals surface area (Å²) in [5.41, 5.74) is 1.31. The van der Waals surface area contributed by atoms with E-state index in [1.807, 2.05) is 0 Å². The Labute approximate surface area is 121 Å². The Hall–Kier alpha value is -0.820. The van der Waals surface area contributed by atoms with Gasteiger partial charge in [0.25, 0.3) is 0 Å². The molecule has 1 heterocycles. The van der Waals surface area contributed by atoms with Gasteiger partial charge >= 0.3 is 6.09 Å². The maximum Gasteiger partial charge on any atom is 0.407 e. The maximum atomic E-state index is 11.1. The van der Waals surface area contributed by atoms with Crippen molar-refractivity contribution in [2.45, 2.75) is 19.0 Å². The van der Waals surface area contributed by atoms with Gasteiger partial charge in [0.1, 0.15) is 0 Å². The third-order valence-electron chi connectivity index (χ3n) is 3.10. The highest BCUT2D eigenvalue weighted by molar-refractivity contribution is 14.1. The number of hydrogen-bond donors (Lipinski definition) is 1. The van der Waals surface area contributed by atoms with Crippen LogP contribution in [0.25, 0.3) is 0 Å². The van der Waals surface area contributed by atoms with E-state index in [0.29, 0.717) is 0 Å². The topological polar surface area (TPSA) is 41.6 Å². The molecule has 0 bridgehead atoms. The van der Waals surface area contributed by atoms with E-state index in [4.69, 9.17) is 0 Å². The number of amides is 1. The molecule has 1 aromatic rings. The van der Waals surface area contributed by atoms with Crippen LogP contribution < -0.4 is 5.32 Å². The van der Waals surface area contributed by atoms with E-state index in [-0.39, 0.29) is 12.1 Å². The van der Waals surface area contributed by atoms with Crippen molar-refractivity contribution in [3.05, 3.63) is 33.4 Å². The van der Waals surface area contributed by atoms with Crippen LogP contribution in [0.2, 0.25) is 0 Å². The molecule has 1 aliphatic heterocycles. The Balaban J connectivity index is 1.82. The van der Waals surface area contributed by atoms with Crippen molar-refractivity contribution in [1.82, 2.24) is 10.2 Å². The van der Waals surface area contributed by atoms with E-state index in [1.165, 1.54) is 16.2 Å². The number of ether oxygens (including phenoxy) is 1. The maximum absolute atomic E-state index is 11.1. The molecule has 0 spiro atoms. The number of carbonyl (C=O) groups excluding carboxylic acids is 1. The van der Waals surface area contributed by atoms with Gasteiger partial charge in [-0.2, -0.15) is 0 Å². The zero-order valence-corrected chi connectivity index (χ0v) is 12.5. The molecule has 0 aliphatic carbocycles. The van der Waals surface area contributed by atoms with Crippen LogP contribution in [0.1, 0.15) is 12.0 Å². The first kappa shape index (κ1) is 13.6. The second-order valence-corrected chi connectivity index (χ2v) is 5.73. The second kappa shape index (κ2) is 6.38. The molecule has 0 radical (unpaired) electrons. The minimum Gasteiger partial charge on any atom is -0.453 e. The summed E-state index contributed by atoms with van der Waals surface area (Å²) in [6.45, 7) is 2.85. The zero-order chi connectivity index (χ0) is 13.0. The van der Waals surface area contributed by atoms with Crippen molar-refractivity contribution in [2.75, 3.05) is 20.2 Å². The lowest BCUT2D eigenvalue weighted by atomic mass is 10.2. The Kier molecular flexibility index (Phi) is 4.82. The Morgan fingerprint density at radius 3 is 2.89 bits per heavy atom. The number of benzene rings is 1. The first-order chi connectivity index (χ1) is 8.67. The zero-order valence-electron chi connectivity index (χ0n) is 10.4. The van der Waals surface area contributed by atoms with Crippen molar-refractivity contribution < 1.29 is 9.53 Å². The van der Waals surface area contributed by atoms with E-state index >= 15 is 0 Å². The van der Waals surface area contributed by atoms with Gasteiger partial charge in [-0.25, -0.2) is 4.79 Å². The van der Waals surface area contributed by atoms with Crippen LogP contribution in [-0.4, -0.2) is 37.2 Å². The van der Waals surface area contributed by atoms with Gasteiger partial charge in [-0.15, -0.1) is 0 Å². The minimum absolute atomic E-state index is 0.210. The molecule has 18 heavy (non-hydrogen) atoms. The minimum atomic E-state index is -0.337. The molecule has 98 valence electrons. The largest absolute Gasteiger partial charge is 0.453 e. The Bertz CT molecular complexity index is 408. The fraction of sp³-hybridized carbons (Fsp3) is 0.462. The van der Waals surface area contributed by atoms with E-state index in [0.717, 1.165) is 26.1 Å². The highest BCUT2D eigenvalue weighted by Gasteiger charge is 2.23. The normalized spacial score (nSPS) is 19.8. The van der Waals surface area contributed by atoms with Gasteiger partial charge in [0.05, 0.1) is 7.11 Å². The summed E-state index contributed by atoms with van der Waals surface area (Å²) in [4.78, 5) is 13.5. The fourth-order valence-corrected chi connectivity index (χ4v) is 2.53. The van der Waals surface area contributed by atoms with Crippen molar-refractivity contribution in [1.29, 1.82) is 0 Å². The van der Waals surface area contributed by atoms with Gasteiger partial charge in [-0.3, -0.25) is 4.90 Å². The summed E-state index contributed by atoms with van der Waals surface area (Å²) in [6.07, 6.45) is 0.649. The lowest BCUT2D eigenvalue weighted by Gasteiger charge is -2.16. The average molecular weight is 360 g/mol. The lowest BCUT2D eigenvalue weighted by molar-refractivity contribution is 0.166. The number of halogens is 1. The molecule has 1 fully saturated rings. The van der Waals surface area contributed by atoms with E-state index in [1.54, 1.807) is 0 Å². The summed E-state index contributed by atoms with van der Waals surface area (Å²) in [7, 11) is 1.40. The first-order valence-electron chi connectivity index (χ1n) is 5.98. The third-order valence-corrected chi connectivity index (χ3v) is 3.82. The summed E-state index contributed by atoms with van der Waals surface area (Å²) in [5, 5.41) is 2.85. The molecule has 1 unspecified atom stereocenters. The van der Waals surface area contributed by atoms with E-state index in [2.05, 4.69) is 61.8 Å². The predicted octanol–water partition coefficient (Wildman–Crippen LogP) is 2.22. The van der Waals surface area contributed by atoms with Crippen molar-refractivity contribution >= 4 is 28.7 Å². The molecule has 1 amide bonds. The van der Waals surface area contributed by atoms with Gasteiger partial charge in [0, 0.05) is 29.2 Å². The van der Waals surface area contributed by atoms with Crippen LogP contribution in [-0.2, 0) is 11.3 Å². The van der Waals surface area contributed by atoms with E-state index < -0.39 is 0 Å². The molecule has 1 saturated heterocycles. The van der Waals surface area contributed by atoms with Crippen LogP contribution >= 0.6 is 22.6 Å². The quantitative estimate of drug-likeness (QED) is 0.841. The number of hydrogen-bond acceptors (Lipinski definition) is 3.